The molecule has 0 aliphatic heterocycles. The van der Waals surface area contributed by atoms with Gasteiger partial charge in [-0.25, -0.2) is 0 Å². The van der Waals surface area contributed by atoms with E-state index >= 15 is 0 Å². The van der Waals surface area contributed by atoms with Gasteiger partial charge >= 0.3 is 0 Å². The molecule has 0 aliphatic carbocycles. The van der Waals surface area contributed by atoms with Crippen LogP contribution in [-0.4, -0.2) is 25.2 Å². The van der Waals surface area contributed by atoms with Gasteiger partial charge in [0.05, 0.1) is 6.17 Å². The van der Waals surface area contributed by atoms with Gasteiger partial charge in [0.15, 0.2) is 0 Å². The van der Waals surface area contributed by atoms with E-state index in [4.69, 9.17) is 0 Å². The fourth-order valence-corrected chi connectivity index (χ4v) is 1.67. The molecule has 0 fully saturated rings. The Labute approximate surface area is 99.2 Å². The average molecular weight is 218 g/mol. The monoisotopic (exact) mass is 218 g/mol. The third kappa shape index (κ3) is 2.86. The first-order valence-corrected chi connectivity index (χ1v) is 5.71. The predicted molar refractivity (Wildman–Crippen MR) is 71.6 cm³/mol. The maximum atomic E-state index is 2.29. The van der Waals surface area contributed by atoms with E-state index in [1.807, 2.05) is 6.92 Å². The fraction of sp³-hybridized carbons (Fsp3) is 0.429. The minimum Gasteiger partial charge on any atom is -0.332 e. The number of nitrogens with zero attached hydrogens (tertiary/aromatic N) is 2. The molecule has 16 heavy (non-hydrogen) atoms. The van der Waals surface area contributed by atoms with Crippen LogP contribution < -0.4 is 4.90 Å². The van der Waals surface area contributed by atoms with Crippen molar-refractivity contribution in [3.05, 3.63) is 42.1 Å². The van der Waals surface area contributed by atoms with E-state index in [-0.39, 0.29) is 0 Å². The summed E-state index contributed by atoms with van der Waals surface area (Å²) in [6.45, 7) is 6.40. The zero-order valence-corrected chi connectivity index (χ0v) is 10.9. The van der Waals surface area contributed by atoms with Crippen LogP contribution in [0.15, 0.2) is 36.5 Å². The molecule has 0 aliphatic rings. The number of hydrogen-bond acceptors (Lipinski definition) is 2. The van der Waals surface area contributed by atoms with Crippen molar-refractivity contribution >= 4 is 5.69 Å². The minimum atomic E-state index is 0.345. The molecule has 0 radical (unpaired) electrons. The van der Waals surface area contributed by atoms with Crippen LogP contribution in [0.5, 0.6) is 0 Å². The van der Waals surface area contributed by atoms with Gasteiger partial charge in [-0.2, -0.15) is 0 Å². The SMILES string of the molecule is C/C=C\N(c1ccccc1C)[C@@H](C)N(C)C. The van der Waals surface area contributed by atoms with E-state index < -0.39 is 0 Å². The second kappa shape index (κ2) is 5.71. The quantitative estimate of drug-likeness (QED) is 0.716. The number of para-hydroxylation sites is 1. The summed E-state index contributed by atoms with van der Waals surface area (Å²) in [5.74, 6) is 0. The van der Waals surface area contributed by atoms with Crippen LogP contribution in [0.1, 0.15) is 19.4 Å². The third-order valence-corrected chi connectivity index (χ3v) is 2.85. The summed E-state index contributed by atoms with van der Waals surface area (Å²) in [6, 6.07) is 8.47. The molecule has 0 N–H and O–H groups in total. The summed E-state index contributed by atoms with van der Waals surface area (Å²) in [6.07, 6.45) is 4.55. The summed E-state index contributed by atoms with van der Waals surface area (Å²) >= 11 is 0. The summed E-state index contributed by atoms with van der Waals surface area (Å²) in [5.41, 5.74) is 2.57. The lowest BCUT2D eigenvalue weighted by Crippen LogP contribution is -2.40. The van der Waals surface area contributed by atoms with Crippen molar-refractivity contribution in [1.29, 1.82) is 0 Å². The Morgan fingerprint density at radius 1 is 1.19 bits per heavy atom. The first kappa shape index (κ1) is 12.8. The summed E-state index contributed by atoms with van der Waals surface area (Å²) in [7, 11) is 4.19. The third-order valence-electron chi connectivity index (χ3n) is 2.85. The van der Waals surface area contributed by atoms with E-state index in [0.29, 0.717) is 6.17 Å². The average Bonchev–Trinajstić information content (AvgIpc) is 2.26. The lowest BCUT2D eigenvalue weighted by molar-refractivity contribution is 0.316. The van der Waals surface area contributed by atoms with Crippen LogP contribution in [0.3, 0.4) is 0 Å². The van der Waals surface area contributed by atoms with Crippen LogP contribution in [0.2, 0.25) is 0 Å². The zero-order valence-electron chi connectivity index (χ0n) is 10.9. The first-order chi connectivity index (χ1) is 7.57. The van der Waals surface area contributed by atoms with Crippen LogP contribution >= 0.6 is 0 Å². The largest absolute Gasteiger partial charge is 0.332 e. The molecule has 2 nitrogen and oxygen atoms in total. The van der Waals surface area contributed by atoms with E-state index in [2.05, 4.69) is 74.3 Å². The maximum Gasteiger partial charge on any atom is 0.0830 e. The Morgan fingerprint density at radius 2 is 1.81 bits per heavy atom. The number of aryl methyl sites for hydroxylation is 1. The molecular formula is C14H22N2. The van der Waals surface area contributed by atoms with E-state index in [0.717, 1.165) is 0 Å². The van der Waals surface area contributed by atoms with Crippen molar-refractivity contribution in [1.82, 2.24) is 4.90 Å². The molecule has 0 bridgehead atoms. The standard InChI is InChI=1S/C14H22N2/c1-6-11-16(13(3)15(4)5)14-10-8-7-9-12(14)2/h6-11,13H,1-5H3/b11-6-/t13-/m0/s1. The van der Waals surface area contributed by atoms with E-state index in [1.165, 1.54) is 11.3 Å². The maximum absolute atomic E-state index is 2.29. The Bertz CT molecular complexity index is 356. The van der Waals surface area contributed by atoms with Crippen molar-refractivity contribution in [2.45, 2.75) is 26.9 Å². The summed E-state index contributed by atoms with van der Waals surface area (Å²) < 4.78 is 0. The molecule has 0 heterocycles. The van der Waals surface area contributed by atoms with Crippen molar-refractivity contribution in [2.24, 2.45) is 0 Å². The molecule has 1 aromatic rings. The highest BCUT2D eigenvalue weighted by atomic mass is 15.3. The van der Waals surface area contributed by atoms with Crippen molar-refractivity contribution in [2.75, 3.05) is 19.0 Å². The minimum absolute atomic E-state index is 0.345. The molecule has 0 amide bonds. The first-order valence-electron chi connectivity index (χ1n) is 5.71. The number of rotatable bonds is 4. The highest BCUT2D eigenvalue weighted by Gasteiger charge is 2.14. The van der Waals surface area contributed by atoms with Gasteiger partial charge in [0.1, 0.15) is 0 Å². The van der Waals surface area contributed by atoms with Crippen molar-refractivity contribution < 1.29 is 0 Å². The molecule has 2 heteroatoms. The second-order valence-corrected chi connectivity index (χ2v) is 4.27. The highest BCUT2D eigenvalue weighted by molar-refractivity contribution is 5.55. The normalized spacial score (nSPS) is 13.4. The molecule has 88 valence electrons. The Balaban J connectivity index is 3.08. The summed E-state index contributed by atoms with van der Waals surface area (Å²) in [5, 5.41) is 0. The predicted octanol–water partition coefficient (Wildman–Crippen LogP) is 3.24. The van der Waals surface area contributed by atoms with Crippen molar-refractivity contribution in [3.63, 3.8) is 0 Å². The summed E-state index contributed by atoms with van der Waals surface area (Å²) in [4.78, 5) is 4.49. The molecule has 1 rings (SSSR count). The smallest absolute Gasteiger partial charge is 0.0830 e. The molecule has 0 unspecified atom stereocenters. The van der Waals surface area contributed by atoms with Gasteiger partial charge in [-0.3, -0.25) is 4.90 Å². The highest BCUT2D eigenvalue weighted by Crippen LogP contribution is 2.22. The number of anilines is 1. The second-order valence-electron chi connectivity index (χ2n) is 4.27. The van der Waals surface area contributed by atoms with Gasteiger partial charge < -0.3 is 4.90 Å². The Kier molecular flexibility index (Phi) is 4.56. The van der Waals surface area contributed by atoms with E-state index in [1.54, 1.807) is 0 Å². The lowest BCUT2D eigenvalue weighted by Gasteiger charge is -2.33. The van der Waals surface area contributed by atoms with Crippen LogP contribution in [0.4, 0.5) is 5.69 Å². The molecule has 0 spiro atoms. The van der Waals surface area contributed by atoms with Gasteiger partial charge in [-0.1, -0.05) is 24.3 Å². The van der Waals surface area contributed by atoms with Gasteiger partial charge in [0, 0.05) is 11.9 Å². The number of hydrogen-bond donors (Lipinski definition) is 0. The number of allylic oxidation sites excluding steroid dienone is 1. The number of benzene rings is 1. The van der Waals surface area contributed by atoms with E-state index in [9.17, 15) is 0 Å². The molecule has 0 aromatic heterocycles. The topological polar surface area (TPSA) is 6.48 Å². The van der Waals surface area contributed by atoms with Gasteiger partial charge in [-0.05, 0) is 46.5 Å². The molecular weight excluding hydrogens is 196 g/mol. The van der Waals surface area contributed by atoms with Gasteiger partial charge in [-0.15, -0.1) is 0 Å². The van der Waals surface area contributed by atoms with Crippen LogP contribution in [0, 0.1) is 6.92 Å². The van der Waals surface area contributed by atoms with Crippen LogP contribution in [0.25, 0.3) is 0 Å². The fourth-order valence-electron chi connectivity index (χ4n) is 1.67. The molecule has 0 saturated carbocycles. The molecule has 0 saturated heterocycles. The zero-order chi connectivity index (χ0) is 12.1. The Hall–Kier alpha value is -1.28. The van der Waals surface area contributed by atoms with Crippen molar-refractivity contribution in [3.8, 4) is 0 Å². The van der Waals surface area contributed by atoms with Crippen LogP contribution in [-0.2, 0) is 0 Å². The molecule has 1 aromatic carbocycles. The molecule has 1 atom stereocenters. The van der Waals surface area contributed by atoms with Gasteiger partial charge in [0.2, 0.25) is 0 Å². The Morgan fingerprint density at radius 3 is 2.31 bits per heavy atom. The lowest BCUT2D eigenvalue weighted by atomic mass is 10.1. The van der Waals surface area contributed by atoms with Gasteiger partial charge in [0.25, 0.3) is 0 Å².